The van der Waals surface area contributed by atoms with Gasteiger partial charge >= 0.3 is 0 Å². The fraction of sp³-hybridized carbons (Fsp3) is 0.400. The van der Waals surface area contributed by atoms with E-state index in [1.165, 1.54) is 44.6 Å². The number of hydrogen-bond acceptors (Lipinski definition) is 8. The summed E-state index contributed by atoms with van der Waals surface area (Å²) in [5.41, 5.74) is 1.47. The lowest BCUT2D eigenvalue weighted by atomic mass is 9.89. The highest BCUT2D eigenvalue weighted by atomic mass is 32.1. The predicted octanol–water partition coefficient (Wildman–Crippen LogP) is 4.91. The van der Waals surface area contributed by atoms with Crippen molar-refractivity contribution in [2.75, 3.05) is 24.2 Å². The van der Waals surface area contributed by atoms with Crippen molar-refractivity contribution in [2.45, 2.75) is 32.1 Å². The molecule has 0 saturated heterocycles. The average Bonchev–Trinajstić information content (AvgIpc) is 3.15. The highest BCUT2D eigenvalue weighted by Crippen LogP contribution is 2.33. The van der Waals surface area contributed by atoms with Crippen LogP contribution in [-0.4, -0.2) is 34.8 Å². The molecule has 0 spiro atoms. The number of fused-ring (bicyclic) bond motifs is 1. The van der Waals surface area contributed by atoms with Gasteiger partial charge in [0.25, 0.3) is 0 Å². The van der Waals surface area contributed by atoms with Crippen LogP contribution in [0.5, 0.6) is 11.6 Å². The normalized spacial score (nSPS) is 14.8. The van der Waals surface area contributed by atoms with Gasteiger partial charge in [0.05, 0.1) is 15.8 Å². The number of hydrogen-bond donors (Lipinski definition) is 3. The third-order valence-corrected chi connectivity index (χ3v) is 6.05. The number of thiazole rings is 1. The van der Waals surface area contributed by atoms with Gasteiger partial charge in [0.15, 0.2) is 5.13 Å². The summed E-state index contributed by atoms with van der Waals surface area (Å²) in [5, 5.41) is 15.0. The summed E-state index contributed by atoms with van der Waals surface area (Å²) in [6.45, 7) is 1.000. The Balaban J connectivity index is 1.49. The van der Waals surface area contributed by atoms with E-state index in [1.807, 2.05) is 18.2 Å². The summed E-state index contributed by atoms with van der Waals surface area (Å²) < 4.78 is 6.99. The van der Waals surface area contributed by atoms with Crippen LogP contribution >= 0.6 is 11.3 Å². The van der Waals surface area contributed by atoms with E-state index in [-0.39, 0.29) is 0 Å². The number of anilines is 2. The molecule has 7 nitrogen and oxygen atoms in total. The summed E-state index contributed by atoms with van der Waals surface area (Å²) in [4.78, 5) is 13.0. The number of nitrogens with one attached hydrogen (secondary N) is 3. The topological polar surface area (TPSA) is 95.8 Å². The molecule has 3 N–H and O–H groups in total. The second-order valence-corrected chi connectivity index (χ2v) is 8.00. The third-order valence-electron chi connectivity index (χ3n) is 5.07. The Morgan fingerprint density at radius 3 is 2.89 bits per heavy atom. The number of benzene rings is 1. The molecule has 2 aromatic heterocycles. The molecule has 1 aliphatic rings. The van der Waals surface area contributed by atoms with Crippen LogP contribution in [0.25, 0.3) is 10.2 Å². The van der Waals surface area contributed by atoms with Crippen LogP contribution in [-0.2, 0) is 0 Å². The summed E-state index contributed by atoms with van der Waals surface area (Å²) in [6, 6.07) is 5.80. The Hall–Kier alpha value is -2.74. The maximum atomic E-state index is 7.62. The van der Waals surface area contributed by atoms with Gasteiger partial charge in [-0.2, -0.15) is 0 Å². The lowest BCUT2D eigenvalue weighted by molar-refractivity contribution is 0.373. The molecule has 0 radical (unpaired) electrons. The van der Waals surface area contributed by atoms with E-state index in [4.69, 9.17) is 10.1 Å². The monoisotopic (exact) mass is 396 g/mol. The SMILES string of the molecule is CNc1ncnc(Oc2ccc3nc(NCC4CCCCC4)sc3c2)c1C=N. The highest BCUT2D eigenvalue weighted by molar-refractivity contribution is 7.22. The summed E-state index contributed by atoms with van der Waals surface area (Å²) in [7, 11) is 1.75. The van der Waals surface area contributed by atoms with Gasteiger partial charge in [-0.3, -0.25) is 0 Å². The van der Waals surface area contributed by atoms with E-state index in [9.17, 15) is 0 Å². The molecule has 0 amide bonds. The van der Waals surface area contributed by atoms with Gasteiger partial charge in [-0.1, -0.05) is 30.6 Å². The van der Waals surface area contributed by atoms with Crippen molar-refractivity contribution < 1.29 is 4.74 Å². The van der Waals surface area contributed by atoms with Crippen molar-refractivity contribution in [2.24, 2.45) is 5.92 Å². The molecule has 146 valence electrons. The first-order chi connectivity index (χ1) is 13.8. The molecule has 1 fully saturated rings. The average molecular weight is 397 g/mol. The number of ether oxygens (including phenoxy) is 1. The molecule has 28 heavy (non-hydrogen) atoms. The second-order valence-electron chi connectivity index (χ2n) is 6.97. The van der Waals surface area contributed by atoms with Crippen molar-refractivity contribution in [1.82, 2.24) is 15.0 Å². The van der Waals surface area contributed by atoms with Gasteiger partial charge in [-0.15, -0.1) is 0 Å². The minimum absolute atomic E-state index is 0.355. The first kappa shape index (κ1) is 18.6. The van der Waals surface area contributed by atoms with Gasteiger partial charge in [0.2, 0.25) is 5.88 Å². The van der Waals surface area contributed by atoms with Crippen LogP contribution in [0.3, 0.4) is 0 Å². The molecule has 4 rings (SSSR count). The predicted molar refractivity (Wildman–Crippen MR) is 114 cm³/mol. The van der Waals surface area contributed by atoms with Crippen LogP contribution in [0.4, 0.5) is 10.9 Å². The number of rotatable bonds is 7. The first-order valence-corrected chi connectivity index (χ1v) is 10.4. The van der Waals surface area contributed by atoms with Crippen molar-refractivity contribution in [3.05, 3.63) is 30.1 Å². The van der Waals surface area contributed by atoms with Gasteiger partial charge in [-0.05, 0) is 30.9 Å². The van der Waals surface area contributed by atoms with E-state index >= 15 is 0 Å². The molecule has 3 aromatic rings. The van der Waals surface area contributed by atoms with Crippen molar-refractivity contribution >= 4 is 38.7 Å². The molecule has 0 bridgehead atoms. The summed E-state index contributed by atoms with van der Waals surface area (Å²) in [6.07, 6.45) is 9.33. The quantitative estimate of drug-likeness (QED) is 0.491. The van der Waals surface area contributed by atoms with Crippen LogP contribution in [0.2, 0.25) is 0 Å². The van der Waals surface area contributed by atoms with Gasteiger partial charge in [0, 0.05) is 25.9 Å². The lowest BCUT2D eigenvalue weighted by Gasteiger charge is -2.21. The molecule has 1 aliphatic carbocycles. The van der Waals surface area contributed by atoms with Crippen LogP contribution in [0, 0.1) is 11.3 Å². The van der Waals surface area contributed by atoms with E-state index in [0.29, 0.717) is 23.0 Å². The largest absolute Gasteiger partial charge is 0.438 e. The molecule has 2 heterocycles. The molecule has 1 aromatic carbocycles. The summed E-state index contributed by atoms with van der Waals surface area (Å²) in [5.74, 6) is 2.35. The smallest absolute Gasteiger partial charge is 0.233 e. The van der Waals surface area contributed by atoms with Crippen molar-refractivity contribution in [1.29, 1.82) is 5.41 Å². The molecule has 0 unspecified atom stereocenters. The van der Waals surface area contributed by atoms with E-state index in [0.717, 1.165) is 27.8 Å². The van der Waals surface area contributed by atoms with Crippen LogP contribution in [0.1, 0.15) is 37.7 Å². The maximum Gasteiger partial charge on any atom is 0.233 e. The van der Waals surface area contributed by atoms with Crippen molar-refractivity contribution in [3.63, 3.8) is 0 Å². The van der Waals surface area contributed by atoms with E-state index in [1.54, 1.807) is 18.4 Å². The standard InChI is InChI=1S/C20H24N6OS/c1-22-18-15(10-21)19(25-12-24-18)27-14-7-8-16-17(9-14)28-20(26-16)23-11-13-5-3-2-4-6-13/h7-10,12-13,21H,2-6,11H2,1H3,(H,23,26)(H,22,24,25). The van der Waals surface area contributed by atoms with Gasteiger partial charge < -0.3 is 20.8 Å². The Bertz CT molecular complexity index is 966. The maximum absolute atomic E-state index is 7.62. The number of aromatic nitrogens is 3. The minimum Gasteiger partial charge on any atom is -0.438 e. The van der Waals surface area contributed by atoms with Crippen LogP contribution < -0.4 is 15.4 Å². The zero-order valence-corrected chi connectivity index (χ0v) is 16.7. The Morgan fingerprint density at radius 1 is 1.25 bits per heavy atom. The third kappa shape index (κ3) is 4.06. The highest BCUT2D eigenvalue weighted by Gasteiger charge is 2.15. The van der Waals surface area contributed by atoms with Crippen LogP contribution in [0.15, 0.2) is 24.5 Å². The molecular formula is C20H24N6OS. The fourth-order valence-corrected chi connectivity index (χ4v) is 4.47. The minimum atomic E-state index is 0.355. The summed E-state index contributed by atoms with van der Waals surface area (Å²) >= 11 is 1.64. The Morgan fingerprint density at radius 2 is 2.11 bits per heavy atom. The zero-order valence-electron chi connectivity index (χ0n) is 15.9. The number of nitrogens with zero attached hydrogens (tertiary/aromatic N) is 3. The van der Waals surface area contributed by atoms with Crippen molar-refractivity contribution in [3.8, 4) is 11.6 Å². The Labute approximate surface area is 168 Å². The van der Waals surface area contributed by atoms with Gasteiger partial charge in [-0.25, -0.2) is 15.0 Å². The first-order valence-electron chi connectivity index (χ1n) is 9.62. The Kier molecular flexibility index (Phi) is 5.66. The fourth-order valence-electron chi connectivity index (χ4n) is 3.57. The molecule has 0 aliphatic heterocycles. The van der Waals surface area contributed by atoms with Gasteiger partial charge in [0.1, 0.15) is 17.9 Å². The lowest BCUT2D eigenvalue weighted by Crippen LogP contribution is -2.16. The molecule has 0 atom stereocenters. The van der Waals surface area contributed by atoms with E-state index in [2.05, 4.69) is 25.6 Å². The molecular weight excluding hydrogens is 372 g/mol. The zero-order chi connectivity index (χ0) is 19.3. The molecule has 1 saturated carbocycles. The second kappa shape index (κ2) is 8.52. The molecule has 8 heteroatoms. The van der Waals surface area contributed by atoms with E-state index < -0.39 is 0 Å².